The van der Waals surface area contributed by atoms with Gasteiger partial charge in [0.2, 0.25) is 5.95 Å². The highest BCUT2D eigenvalue weighted by Gasteiger charge is 2.24. The van der Waals surface area contributed by atoms with Crippen LogP contribution in [0.25, 0.3) is 17.2 Å². The summed E-state index contributed by atoms with van der Waals surface area (Å²) < 4.78 is 25.9. The number of halogens is 1. The second-order valence-electron chi connectivity index (χ2n) is 6.59. The molecule has 0 bridgehead atoms. The Kier molecular flexibility index (Phi) is 5.91. The lowest BCUT2D eigenvalue weighted by Gasteiger charge is -2.17. The molecule has 0 saturated heterocycles. The summed E-state index contributed by atoms with van der Waals surface area (Å²) in [5, 5.41) is 4.10. The molecule has 3 aromatic rings. The molecule has 0 spiro atoms. The summed E-state index contributed by atoms with van der Waals surface area (Å²) >= 11 is 0. The molecule has 0 aromatic carbocycles. The Hall–Kier alpha value is -3.44. The molecule has 0 amide bonds. The summed E-state index contributed by atoms with van der Waals surface area (Å²) in [6.45, 7) is 0.961. The number of hydrazine groups is 1. The van der Waals surface area contributed by atoms with Gasteiger partial charge < -0.3 is 9.15 Å². The van der Waals surface area contributed by atoms with Gasteiger partial charge in [0.25, 0.3) is 0 Å². The van der Waals surface area contributed by atoms with Crippen molar-refractivity contribution in [1.82, 2.24) is 19.4 Å². The third kappa shape index (κ3) is 4.11. The van der Waals surface area contributed by atoms with Crippen molar-refractivity contribution in [2.24, 2.45) is 11.0 Å². The molecule has 0 radical (unpaired) electrons. The van der Waals surface area contributed by atoms with Gasteiger partial charge in [-0.1, -0.05) is 11.3 Å². The minimum Gasteiger partial charge on any atom is -0.432 e. The highest BCUT2D eigenvalue weighted by atomic mass is 19.1. The van der Waals surface area contributed by atoms with E-state index in [1.54, 1.807) is 28.9 Å². The predicted octanol–water partition coefficient (Wildman–Crippen LogP) is 2.74. The highest BCUT2D eigenvalue weighted by molar-refractivity contribution is 5.64. The Bertz CT molecular complexity index is 1090. The van der Waals surface area contributed by atoms with Crippen LogP contribution in [0.15, 0.2) is 58.4 Å². The van der Waals surface area contributed by atoms with Crippen LogP contribution in [0.4, 0.5) is 10.3 Å². The molecule has 3 heterocycles. The molecule has 11 heteroatoms. The van der Waals surface area contributed by atoms with E-state index in [0.717, 1.165) is 11.4 Å². The first kappa shape index (κ1) is 19.9. The molecule has 1 aliphatic carbocycles. The number of oxazole rings is 1. The molecule has 4 rings (SSSR count). The Morgan fingerprint density at radius 3 is 3.10 bits per heavy atom. The summed E-state index contributed by atoms with van der Waals surface area (Å²) in [6, 6.07) is 1.76. The highest BCUT2D eigenvalue weighted by Crippen LogP contribution is 2.34. The van der Waals surface area contributed by atoms with Crippen LogP contribution in [-0.2, 0) is 4.74 Å². The van der Waals surface area contributed by atoms with Crippen LogP contribution in [0.5, 0.6) is 0 Å². The van der Waals surface area contributed by atoms with Gasteiger partial charge >= 0.3 is 5.84 Å². The van der Waals surface area contributed by atoms with Crippen LogP contribution in [0.2, 0.25) is 0 Å². The second-order valence-corrected chi connectivity index (χ2v) is 6.59. The van der Waals surface area contributed by atoms with E-state index in [2.05, 4.69) is 20.1 Å². The Labute approximate surface area is 170 Å². The molecule has 1 aliphatic rings. The zero-order valence-electron chi connectivity index (χ0n) is 16.0. The predicted molar refractivity (Wildman–Crippen MR) is 107 cm³/mol. The molecule has 0 fully saturated rings. The largest absolute Gasteiger partial charge is 0.432 e. The van der Waals surface area contributed by atoms with Crippen LogP contribution in [-0.4, -0.2) is 45.7 Å². The van der Waals surface area contributed by atoms with Crippen molar-refractivity contribution >= 4 is 11.8 Å². The second kappa shape index (κ2) is 8.93. The molecule has 2 N–H and O–H groups in total. The molecular weight excluding hydrogens is 393 g/mol. The van der Waals surface area contributed by atoms with Gasteiger partial charge in [-0.3, -0.25) is 9.41 Å². The normalized spacial score (nSPS) is 16.1. The zero-order valence-corrected chi connectivity index (χ0v) is 16.0. The van der Waals surface area contributed by atoms with Gasteiger partial charge in [-0.05, 0) is 24.6 Å². The molecule has 3 aromatic heterocycles. The lowest BCUT2D eigenvalue weighted by Crippen LogP contribution is -2.35. The third-order valence-corrected chi connectivity index (χ3v) is 4.64. The number of hydrogen-bond acceptors (Lipinski definition) is 9. The quantitative estimate of drug-likeness (QED) is 0.246. The van der Waals surface area contributed by atoms with Gasteiger partial charge in [0.15, 0.2) is 0 Å². The first-order chi connectivity index (χ1) is 14.7. The first-order valence-electron chi connectivity index (χ1n) is 9.39. The van der Waals surface area contributed by atoms with Gasteiger partial charge in [0, 0.05) is 18.3 Å². The van der Waals surface area contributed by atoms with Crippen LogP contribution in [0.3, 0.4) is 0 Å². The summed E-state index contributed by atoms with van der Waals surface area (Å²) in [4.78, 5) is 23.5. The van der Waals surface area contributed by atoms with Gasteiger partial charge in [-0.15, -0.1) is 0 Å². The van der Waals surface area contributed by atoms with Crippen molar-refractivity contribution in [3.05, 3.63) is 59.4 Å². The topological polar surface area (TPSA) is 124 Å². The number of aromatic nitrogens is 4. The number of nitrogens with zero attached hydrogens (tertiary/aromatic N) is 6. The van der Waals surface area contributed by atoms with Crippen LogP contribution in [0.1, 0.15) is 18.0 Å². The van der Waals surface area contributed by atoms with Crippen molar-refractivity contribution in [2.45, 2.75) is 12.3 Å². The van der Waals surface area contributed by atoms with Crippen molar-refractivity contribution in [1.29, 1.82) is 0 Å². The maximum absolute atomic E-state index is 13.4. The fraction of sp³-hybridized carbons (Fsp3) is 0.316. The molecule has 0 saturated carbocycles. The fourth-order valence-corrected chi connectivity index (χ4v) is 3.20. The van der Waals surface area contributed by atoms with E-state index in [1.165, 1.54) is 23.4 Å². The minimum atomic E-state index is -0.259. The van der Waals surface area contributed by atoms with Crippen molar-refractivity contribution < 1.29 is 13.5 Å². The Morgan fingerprint density at radius 2 is 2.30 bits per heavy atom. The maximum atomic E-state index is 13.4. The molecule has 10 nitrogen and oxygen atoms in total. The number of nitroso groups, excluding NO2 is 1. The van der Waals surface area contributed by atoms with E-state index in [9.17, 15) is 9.30 Å². The standard InChI is InChI=1S/C19H20FN7O3/c20-14-3-1-13(2-4-14)16-17(26-8-12-30-19(26)25-16)15-5-6-22-18(24-15)27(21)9-11-29-10-7-23-28/h1,3-6,8,12-13H,2,7,9-11,21H2. The number of ether oxygens (including phenoxy) is 1. The summed E-state index contributed by atoms with van der Waals surface area (Å²) in [5.74, 6) is 6.42. The molecule has 30 heavy (non-hydrogen) atoms. The van der Waals surface area contributed by atoms with Crippen LogP contribution in [0, 0.1) is 4.91 Å². The summed E-state index contributed by atoms with van der Waals surface area (Å²) in [5.41, 5.74) is 2.07. The van der Waals surface area contributed by atoms with Gasteiger partial charge in [-0.25, -0.2) is 20.2 Å². The average molecular weight is 413 g/mol. The van der Waals surface area contributed by atoms with Crippen LogP contribution < -0.4 is 10.9 Å². The number of imidazole rings is 1. The van der Waals surface area contributed by atoms with Gasteiger partial charge in [0.05, 0.1) is 36.8 Å². The monoisotopic (exact) mass is 413 g/mol. The van der Waals surface area contributed by atoms with Crippen molar-refractivity contribution in [2.75, 3.05) is 31.3 Å². The van der Waals surface area contributed by atoms with E-state index in [-0.39, 0.29) is 24.9 Å². The summed E-state index contributed by atoms with van der Waals surface area (Å²) in [6.07, 6.45) is 10.1. The minimum absolute atomic E-state index is 0.0932. The number of rotatable bonds is 9. The lowest BCUT2D eigenvalue weighted by molar-refractivity contribution is 0.147. The van der Waals surface area contributed by atoms with Crippen molar-refractivity contribution in [3.63, 3.8) is 0 Å². The van der Waals surface area contributed by atoms with E-state index in [1.807, 2.05) is 0 Å². The van der Waals surface area contributed by atoms with Gasteiger partial charge in [0.1, 0.15) is 18.6 Å². The fourth-order valence-electron chi connectivity index (χ4n) is 3.20. The van der Waals surface area contributed by atoms with E-state index < -0.39 is 0 Å². The lowest BCUT2D eigenvalue weighted by atomic mass is 9.94. The number of nitrogens with two attached hydrogens (primary N) is 1. The zero-order chi connectivity index (χ0) is 20.9. The smallest absolute Gasteiger partial charge is 0.306 e. The Balaban J connectivity index is 1.60. The first-order valence-corrected chi connectivity index (χ1v) is 9.39. The molecule has 0 aliphatic heterocycles. The van der Waals surface area contributed by atoms with Gasteiger partial charge in [-0.2, -0.15) is 9.89 Å². The van der Waals surface area contributed by atoms with E-state index >= 15 is 0 Å². The SMILES string of the molecule is NN(CCOCCN=O)c1nccc(-c2c(C3C=CC(F)=CC3)nc3occn23)n1. The average Bonchev–Trinajstić information content (AvgIpc) is 3.35. The molecule has 156 valence electrons. The summed E-state index contributed by atoms with van der Waals surface area (Å²) in [7, 11) is 0. The number of anilines is 1. The molecule has 1 unspecified atom stereocenters. The number of fused-ring (bicyclic) bond motifs is 1. The van der Waals surface area contributed by atoms with E-state index in [0.29, 0.717) is 37.1 Å². The number of allylic oxidation sites excluding steroid dienone is 4. The third-order valence-electron chi connectivity index (χ3n) is 4.64. The molecule has 1 atom stereocenters. The molecular formula is C19H20FN7O3. The number of hydrogen-bond donors (Lipinski definition) is 1. The van der Waals surface area contributed by atoms with Crippen LogP contribution >= 0.6 is 0 Å². The van der Waals surface area contributed by atoms with Crippen molar-refractivity contribution in [3.8, 4) is 11.4 Å². The Morgan fingerprint density at radius 1 is 1.40 bits per heavy atom. The maximum Gasteiger partial charge on any atom is 0.306 e. The van der Waals surface area contributed by atoms with E-state index in [4.69, 9.17) is 15.0 Å².